The molecule has 1 amide bonds. The Bertz CT molecular complexity index is 699. The van der Waals surface area contributed by atoms with Crippen LogP contribution < -0.4 is 10.2 Å². The second-order valence-electron chi connectivity index (χ2n) is 5.87. The Hall–Kier alpha value is -2.08. The van der Waals surface area contributed by atoms with Gasteiger partial charge in [-0.1, -0.05) is 28.1 Å². The quantitative estimate of drug-likeness (QED) is 0.874. The van der Waals surface area contributed by atoms with Crippen LogP contribution in [0.4, 0.5) is 11.5 Å². The molecule has 0 unspecified atom stereocenters. The highest BCUT2D eigenvalue weighted by atomic mass is 79.9. The molecular weight excluding hydrogens is 368 g/mol. The second kappa shape index (κ2) is 7.66. The summed E-state index contributed by atoms with van der Waals surface area (Å²) in [5.74, 6) is 1.11. The monoisotopic (exact) mass is 388 g/mol. The van der Waals surface area contributed by atoms with Crippen LogP contribution in [0.25, 0.3) is 0 Å². The van der Waals surface area contributed by atoms with Crippen molar-refractivity contribution in [2.24, 2.45) is 0 Å². The molecule has 24 heavy (non-hydrogen) atoms. The van der Waals surface area contributed by atoms with Gasteiger partial charge in [-0.05, 0) is 36.8 Å². The molecule has 3 rings (SSSR count). The Morgan fingerprint density at radius 2 is 2.00 bits per heavy atom. The van der Waals surface area contributed by atoms with Crippen molar-refractivity contribution >= 4 is 33.3 Å². The van der Waals surface area contributed by atoms with Gasteiger partial charge in [0.2, 0.25) is 5.91 Å². The minimum atomic E-state index is 0.132. The number of halogens is 1. The van der Waals surface area contributed by atoms with Crippen molar-refractivity contribution in [2.75, 3.05) is 42.9 Å². The molecule has 0 spiro atoms. The summed E-state index contributed by atoms with van der Waals surface area (Å²) in [4.78, 5) is 20.9. The Labute approximate surface area is 150 Å². The number of pyridine rings is 1. The fourth-order valence-corrected chi connectivity index (χ4v) is 3.10. The Morgan fingerprint density at radius 1 is 1.21 bits per heavy atom. The molecule has 0 aliphatic carbocycles. The van der Waals surface area contributed by atoms with Crippen LogP contribution in [-0.2, 0) is 4.79 Å². The fourth-order valence-electron chi connectivity index (χ4n) is 2.72. The van der Waals surface area contributed by atoms with Gasteiger partial charge < -0.3 is 15.1 Å². The lowest BCUT2D eigenvalue weighted by Crippen LogP contribution is -2.50. The summed E-state index contributed by atoms with van der Waals surface area (Å²) in [6.07, 6.45) is 1.80. The van der Waals surface area contributed by atoms with Gasteiger partial charge in [0.15, 0.2) is 0 Å². The predicted molar refractivity (Wildman–Crippen MR) is 100 cm³/mol. The van der Waals surface area contributed by atoms with Gasteiger partial charge in [-0.25, -0.2) is 4.98 Å². The average molecular weight is 389 g/mol. The van der Waals surface area contributed by atoms with E-state index in [2.05, 4.69) is 31.1 Å². The first-order chi connectivity index (χ1) is 11.6. The van der Waals surface area contributed by atoms with E-state index in [-0.39, 0.29) is 5.91 Å². The van der Waals surface area contributed by atoms with Crippen molar-refractivity contribution in [3.8, 4) is 0 Å². The van der Waals surface area contributed by atoms with Crippen molar-refractivity contribution in [1.82, 2.24) is 9.88 Å². The number of hydrogen-bond acceptors (Lipinski definition) is 4. The van der Waals surface area contributed by atoms with Crippen LogP contribution in [0.3, 0.4) is 0 Å². The molecule has 5 nitrogen and oxygen atoms in total. The number of amides is 1. The molecule has 1 aromatic carbocycles. The Balaban J connectivity index is 1.49. The van der Waals surface area contributed by atoms with Gasteiger partial charge >= 0.3 is 0 Å². The third kappa shape index (κ3) is 4.06. The van der Waals surface area contributed by atoms with E-state index in [4.69, 9.17) is 0 Å². The van der Waals surface area contributed by atoms with E-state index in [0.29, 0.717) is 6.54 Å². The largest absolute Gasteiger partial charge is 0.376 e. The molecule has 0 radical (unpaired) electrons. The molecule has 1 saturated heterocycles. The molecule has 1 aliphatic rings. The van der Waals surface area contributed by atoms with Crippen LogP contribution in [0.1, 0.15) is 5.56 Å². The molecular formula is C18H21BrN4O. The molecule has 126 valence electrons. The smallest absolute Gasteiger partial charge is 0.241 e. The number of aryl methyl sites for hydroxylation is 1. The topological polar surface area (TPSA) is 48.5 Å². The number of hydrogen-bond donors (Lipinski definition) is 1. The zero-order valence-corrected chi connectivity index (χ0v) is 15.3. The van der Waals surface area contributed by atoms with Crippen LogP contribution in [0, 0.1) is 6.92 Å². The highest BCUT2D eigenvalue weighted by molar-refractivity contribution is 9.10. The summed E-state index contributed by atoms with van der Waals surface area (Å²) < 4.78 is 1.05. The lowest BCUT2D eigenvalue weighted by atomic mass is 10.2. The maximum atomic E-state index is 12.4. The first-order valence-electron chi connectivity index (χ1n) is 8.07. The summed E-state index contributed by atoms with van der Waals surface area (Å²) >= 11 is 3.51. The predicted octanol–water partition coefficient (Wildman–Crippen LogP) is 2.91. The zero-order valence-electron chi connectivity index (χ0n) is 13.7. The molecule has 0 saturated carbocycles. The lowest BCUT2D eigenvalue weighted by Gasteiger charge is -2.35. The van der Waals surface area contributed by atoms with Crippen LogP contribution in [0.5, 0.6) is 0 Å². The second-order valence-corrected chi connectivity index (χ2v) is 6.73. The minimum absolute atomic E-state index is 0.132. The Morgan fingerprint density at radius 3 is 2.67 bits per heavy atom. The number of benzene rings is 1. The highest BCUT2D eigenvalue weighted by Gasteiger charge is 2.21. The van der Waals surface area contributed by atoms with E-state index in [1.54, 1.807) is 6.20 Å². The van der Waals surface area contributed by atoms with E-state index >= 15 is 0 Å². The van der Waals surface area contributed by atoms with E-state index in [0.717, 1.165) is 42.2 Å². The third-order valence-corrected chi connectivity index (χ3v) is 5.08. The highest BCUT2D eigenvalue weighted by Crippen LogP contribution is 2.20. The number of carbonyl (C=O) groups excluding carboxylic acids is 1. The fraction of sp³-hybridized carbons (Fsp3) is 0.333. The molecule has 6 heteroatoms. The number of anilines is 2. The summed E-state index contributed by atoms with van der Waals surface area (Å²) in [5.41, 5.74) is 2.13. The standard InChI is InChI=1S/C18H21BrN4O/c1-14-5-6-15(12-16(14)19)21-13-18(24)23-10-8-22(9-11-23)17-4-2-3-7-20-17/h2-7,12,21H,8-11,13H2,1H3. The lowest BCUT2D eigenvalue weighted by molar-refractivity contribution is -0.129. The Kier molecular flexibility index (Phi) is 5.35. The van der Waals surface area contributed by atoms with Gasteiger partial charge in [0, 0.05) is 42.5 Å². The number of carbonyl (C=O) groups is 1. The van der Waals surface area contributed by atoms with Gasteiger partial charge in [-0.3, -0.25) is 4.79 Å². The molecule has 2 heterocycles. The number of rotatable bonds is 4. The molecule has 0 bridgehead atoms. The first-order valence-corrected chi connectivity index (χ1v) is 8.86. The normalized spacial score (nSPS) is 14.6. The minimum Gasteiger partial charge on any atom is -0.376 e. The summed E-state index contributed by atoms with van der Waals surface area (Å²) in [7, 11) is 0. The van der Waals surface area contributed by atoms with Crippen LogP contribution in [0.2, 0.25) is 0 Å². The van der Waals surface area contributed by atoms with Crippen LogP contribution in [0.15, 0.2) is 47.1 Å². The van der Waals surface area contributed by atoms with Crippen molar-refractivity contribution in [2.45, 2.75) is 6.92 Å². The van der Waals surface area contributed by atoms with Crippen molar-refractivity contribution in [3.05, 3.63) is 52.6 Å². The van der Waals surface area contributed by atoms with E-state index in [9.17, 15) is 4.79 Å². The molecule has 0 atom stereocenters. The summed E-state index contributed by atoms with van der Waals surface area (Å²) in [6.45, 7) is 5.46. The average Bonchev–Trinajstić information content (AvgIpc) is 2.63. The van der Waals surface area contributed by atoms with Gasteiger partial charge in [-0.15, -0.1) is 0 Å². The summed E-state index contributed by atoms with van der Waals surface area (Å²) in [5, 5.41) is 3.21. The first kappa shape index (κ1) is 16.8. The van der Waals surface area contributed by atoms with Crippen molar-refractivity contribution < 1.29 is 4.79 Å². The molecule has 2 aromatic rings. The third-order valence-electron chi connectivity index (χ3n) is 4.22. The maximum Gasteiger partial charge on any atom is 0.241 e. The van der Waals surface area contributed by atoms with E-state index in [1.807, 2.05) is 48.2 Å². The van der Waals surface area contributed by atoms with Crippen LogP contribution in [-0.4, -0.2) is 48.5 Å². The van der Waals surface area contributed by atoms with E-state index in [1.165, 1.54) is 5.56 Å². The van der Waals surface area contributed by atoms with Crippen molar-refractivity contribution in [1.29, 1.82) is 0 Å². The zero-order chi connectivity index (χ0) is 16.9. The molecule has 1 N–H and O–H groups in total. The van der Waals surface area contributed by atoms with Gasteiger partial charge in [0.1, 0.15) is 5.82 Å². The number of nitrogens with one attached hydrogen (secondary N) is 1. The van der Waals surface area contributed by atoms with Gasteiger partial charge in [-0.2, -0.15) is 0 Å². The molecule has 1 aliphatic heterocycles. The molecule has 1 aromatic heterocycles. The van der Waals surface area contributed by atoms with Crippen molar-refractivity contribution in [3.63, 3.8) is 0 Å². The number of nitrogens with zero attached hydrogens (tertiary/aromatic N) is 3. The number of aromatic nitrogens is 1. The van der Waals surface area contributed by atoms with Gasteiger partial charge in [0.05, 0.1) is 6.54 Å². The van der Waals surface area contributed by atoms with Gasteiger partial charge in [0.25, 0.3) is 0 Å². The maximum absolute atomic E-state index is 12.4. The van der Waals surface area contributed by atoms with Crippen LogP contribution >= 0.6 is 15.9 Å². The SMILES string of the molecule is Cc1ccc(NCC(=O)N2CCN(c3ccccn3)CC2)cc1Br. The number of piperazine rings is 1. The molecule has 1 fully saturated rings. The van der Waals surface area contributed by atoms with E-state index < -0.39 is 0 Å². The summed E-state index contributed by atoms with van der Waals surface area (Å²) in [6, 6.07) is 11.9.